The van der Waals surface area contributed by atoms with Crippen molar-refractivity contribution in [3.63, 3.8) is 0 Å². The van der Waals surface area contributed by atoms with Crippen LogP contribution in [0.3, 0.4) is 0 Å². The summed E-state index contributed by atoms with van der Waals surface area (Å²) in [6.45, 7) is 0.996. The normalized spacial score (nSPS) is 10.8. The Balaban J connectivity index is 2.96. The molecule has 0 aliphatic carbocycles. The SMILES string of the molecule is CN(C)CCCN(C)C(=O)c1c(F)ccc([N+](=O)[O-])c1F. The molecule has 1 rings (SSSR count). The first-order chi connectivity index (χ1) is 9.75. The Morgan fingerprint density at radius 2 is 1.86 bits per heavy atom. The highest BCUT2D eigenvalue weighted by Crippen LogP contribution is 2.24. The Bertz CT molecular complexity index is 550. The number of hydrogen-bond donors (Lipinski definition) is 0. The molecule has 0 spiro atoms. The standard InChI is InChI=1S/C13H17F2N3O3/c1-16(2)7-4-8-17(3)13(19)11-9(14)5-6-10(12(11)15)18(20)21/h5-6H,4,7-8H2,1-3H3. The largest absolute Gasteiger partial charge is 0.341 e. The topological polar surface area (TPSA) is 66.7 Å². The molecule has 0 aliphatic rings. The molecule has 0 saturated carbocycles. The monoisotopic (exact) mass is 301 g/mol. The lowest BCUT2D eigenvalue weighted by atomic mass is 10.1. The first-order valence-corrected chi connectivity index (χ1v) is 6.28. The van der Waals surface area contributed by atoms with Gasteiger partial charge in [-0.1, -0.05) is 0 Å². The molecule has 0 heterocycles. The lowest BCUT2D eigenvalue weighted by Crippen LogP contribution is -2.31. The van der Waals surface area contributed by atoms with E-state index in [0.717, 1.165) is 11.0 Å². The predicted octanol–water partition coefficient (Wildman–Crippen LogP) is 1.90. The molecule has 0 N–H and O–H groups in total. The van der Waals surface area contributed by atoms with Crippen LogP contribution < -0.4 is 0 Å². The van der Waals surface area contributed by atoms with Gasteiger partial charge >= 0.3 is 5.69 Å². The van der Waals surface area contributed by atoms with Gasteiger partial charge in [0, 0.05) is 19.7 Å². The van der Waals surface area contributed by atoms with Gasteiger partial charge < -0.3 is 9.80 Å². The van der Waals surface area contributed by atoms with Crippen molar-refractivity contribution in [2.24, 2.45) is 0 Å². The van der Waals surface area contributed by atoms with Gasteiger partial charge in [0.15, 0.2) is 0 Å². The van der Waals surface area contributed by atoms with Crippen LogP contribution in [-0.4, -0.2) is 54.9 Å². The van der Waals surface area contributed by atoms with Crippen LogP contribution in [0.2, 0.25) is 0 Å². The van der Waals surface area contributed by atoms with E-state index in [4.69, 9.17) is 0 Å². The summed E-state index contributed by atoms with van der Waals surface area (Å²) in [5.41, 5.74) is -1.81. The number of nitrogens with zero attached hydrogens (tertiary/aromatic N) is 3. The average molecular weight is 301 g/mol. The van der Waals surface area contributed by atoms with E-state index in [0.29, 0.717) is 25.6 Å². The second-order valence-corrected chi connectivity index (χ2v) is 4.90. The molecule has 6 nitrogen and oxygen atoms in total. The van der Waals surface area contributed by atoms with Gasteiger partial charge in [-0.25, -0.2) is 4.39 Å². The van der Waals surface area contributed by atoms with E-state index < -0.39 is 33.7 Å². The lowest BCUT2D eigenvalue weighted by Gasteiger charge is -2.19. The number of nitro benzene ring substituents is 1. The molecule has 1 aromatic carbocycles. The number of carbonyl (C=O) groups is 1. The Kier molecular flexibility index (Phi) is 5.71. The van der Waals surface area contributed by atoms with E-state index >= 15 is 0 Å². The Morgan fingerprint density at radius 1 is 1.24 bits per heavy atom. The van der Waals surface area contributed by atoms with Crippen LogP contribution in [0.1, 0.15) is 16.8 Å². The summed E-state index contributed by atoms with van der Waals surface area (Å²) in [5.74, 6) is -3.46. The fourth-order valence-electron chi connectivity index (χ4n) is 1.80. The minimum atomic E-state index is -1.44. The van der Waals surface area contributed by atoms with E-state index in [1.165, 1.54) is 7.05 Å². The molecule has 1 aromatic rings. The summed E-state index contributed by atoms with van der Waals surface area (Å²) in [6.07, 6.45) is 0.618. The fourth-order valence-corrected chi connectivity index (χ4v) is 1.80. The Morgan fingerprint density at radius 3 is 2.38 bits per heavy atom. The van der Waals surface area contributed by atoms with Gasteiger partial charge in [0.05, 0.1) is 4.92 Å². The molecule has 0 atom stereocenters. The molecule has 0 saturated heterocycles. The molecule has 21 heavy (non-hydrogen) atoms. The summed E-state index contributed by atoms with van der Waals surface area (Å²) in [6, 6.07) is 1.43. The van der Waals surface area contributed by atoms with Crippen molar-refractivity contribution >= 4 is 11.6 Å². The Hall–Kier alpha value is -2.09. The molecule has 1 amide bonds. The van der Waals surface area contributed by atoms with Gasteiger partial charge in [0.1, 0.15) is 11.4 Å². The maximum atomic E-state index is 13.9. The van der Waals surface area contributed by atoms with Crippen molar-refractivity contribution in [1.29, 1.82) is 0 Å². The van der Waals surface area contributed by atoms with Gasteiger partial charge in [-0.05, 0) is 33.1 Å². The molecular weight excluding hydrogens is 284 g/mol. The highest BCUT2D eigenvalue weighted by molar-refractivity contribution is 5.95. The number of nitro groups is 1. The second kappa shape index (κ2) is 7.07. The summed E-state index contributed by atoms with van der Waals surface area (Å²) < 4.78 is 27.5. The summed E-state index contributed by atoms with van der Waals surface area (Å²) in [4.78, 5) is 24.8. The minimum absolute atomic E-state index is 0.290. The molecule has 116 valence electrons. The van der Waals surface area contributed by atoms with Crippen LogP contribution in [0, 0.1) is 21.7 Å². The van der Waals surface area contributed by atoms with Crippen molar-refractivity contribution in [2.45, 2.75) is 6.42 Å². The zero-order chi connectivity index (χ0) is 16.2. The van der Waals surface area contributed by atoms with E-state index in [1.807, 2.05) is 19.0 Å². The van der Waals surface area contributed by atoms with E-state index in [9.17, 15) is 23.7 Å². The number of amides is 1. The number of rotatable bonds is 6. The summed E-state index contributed by atoms with van der Waals surface area (Å²) in [7, 11) is 5.12. The van der Waals surface area contributed by atoms with Crippen molar-refractivity contribution in [1.82, 2.24) is 9.80 Å². The zero-order valence-electron chi connectivity index (χ0n) is 12.1. The van der Waals surface area contributed by atoms with Crippen LogP contribution in [0.4, 0.5) is 14.5 Å². The van der Waals surface area contributed by atoms with Crippen molar-refractivity contribution in [3.8, 4) is 0 Å². The number of benzene rings is 1. The van der Waals surface area contributed by atoms with Gasteiger partial charge in [-0.2, -0.15) is 4.39 Å². The van der Waals surface area contributed by atoms with E-state index in [-0.39, 0.29) is 0 Å². The first kappa shape index (κ1) is 17.0. The Labute approximate surface area is 121 Å². The van der Waals surface area contributed by atoms with Gasteiger partial charge in [-0.3, -0.25) is 14.9 Å². The molecule has 0 fully saturated rings. The summed E-state index contributed by atoms with van der Waals surface area (Å²) >= 11 is 0. The van der Waals surface area contributed by atoms with Crippen LogP contribution in [-0.2, 0) is 0 Å². The van der Waals surface area contributed by atoms with Crippen LogP contribution in [0.15, 0.2) is 12.1 Å². The molecule has 0 radical (unpaired) electrons. The second-order valence-electron chi connectivity index (χ2n) is 4.90. The maximum Gasteiger partial charge on any atom is 0.305 e. The quantitative estimate of drug-likeness (QED) is 0.594. The maximum absolute atomic E-state index is 13.9. The number of halogens is 2. The minimum Gasteiger partial charge on any atom is -0.341 e. The third kappa shape index (κ3) is 4.19. The molecule has 0 aliphatic heterocycles. The van der Waals surface area contributed by atoms with Crippen molar-refractivity contribution in [3.05, 3.63) is 39.4 Å². The van der Waals surface area contributed by atoms with E-state index in [2.05, 4.69) is 0 Å². The summed E-state index contributed by atoms with van der Waals surface area (Å²) in [5, 5.41) is 10.6. The zero-order valence-corrected chi connectivity index (χ0v) is 12.1. The number of carbonyl (C=O) groups excluding carboxylic acids is 1. The highest BCUT2D eigenvalue weighted by Gasteiger charge is 2.27. The third-order valence-corrected chi connectivity index (χ3v) is 2.93. The molecule has 8 heteroatoms. The smallest absolute Gasteiger partial charge is 0.305 e. The average Bonchev–Trinajstić information content (AvgIpc) is 2.37. The number of hydrogen-bond acceptors (Lipinski definition) is 4. The molecule has 0 bridgehead atoms. The highest BCUT2D eigenvalue weighted by atomic mass is 19.1. The van der Waals surface area contributed by atoms with E-state index in [1.54, 1.807) is 0 Å². The fraction of sp³-hybridized carbons (Fsp3) is 0.462. The molecule has 0 aromatic heterocycles. The van der Waals surface area contributed by atoms with Gasteiger partial charge in [0.25, 0.3) is 5.91 Å². The lowest BCUT2D eigenvalue weighted by molar-refractivity contribution is -0.387. The molecular formula is C13H17F2N3O3. The van der Waals surface area contributed by atoms with Crippen LogP contribution in [0.5, 0.6) is 0 Å². The van der Waals surface area contributed by atoms with Crippen LogP contribution >= 0.6 is 0 Å². The molecule has 0 unspecified atom stereocenters. The van der Waals surface area contributed by atoms with Gasteiger partial charge in [-0.15, -0.1) is 0 Å². The van der Waals surface area contributed by atoms with Gasteiger partial charge in [0.2, 0.25) is 5.82 Å². The van der Waals surface area contributed by atoms with Crippen LogP contribution in [0.25, 0.3) is 0 Å². The third-order valence-electron chi connectivity index (χ3n) is 2.93. The van der Waals surface area contributed by atoms with Crippen molar-refractivity contribution in [2.75, 3.05) is 34.2 Å². The predicted molar refractivity (Wildman–Crippen MR) is 73.1 cm³/mol. The first-order valence-electron chi connectivity index (χ1n) is 6.28. The van der Waals surface area contributed by atoms with Crippen molar-refractivity contribution < 1.29 is 18.5 Å².